The SMILES string of the molecule is COC(=O)c1cc([N+](=O)[O-])cc([N+](=O)[O-])c1OCCO. The molecular weight excluding hydrogens is 276 g/mol. The van der Waals surface area contributed by atoms with Crippen molar-refractivity contribution in [3.63, 3.8) is 0 Å². The predicted octanol–water partition coefficient (Wildman–Crippen LogP) is 0.661. The van der Waals surface area contributed by atoms with Gasteiger partial charge in [-0.15, -0.1) is 0 Å². The average molecular weight is 286 g/mol. The molecule has 0 aromatic heterocycles. The normalized spacial score (nSPS) is 9.90. The Morgan fingerprint density at radius 2 is 1.95 bits per heavy atom. The largest absolute Gasteiger partial charge is 0.484 e. The minimum Gasteiger partial charge on any atom is -0.484 e. The van der Waals surface area contributed by atoms with Gasteiger partial charge in [-0.05, 0) is 0 Å². The molecule has 10 heteroatoms. The van der Waals surface area contributed by atoms with E-state index in [9.17, 15) is 25.0 Å². The first-order valence-electron chi connectivity index (χ1n) is 5.21. The molecule has 1 rings (SSSR count). The van der Waals surface area contributed by atoms with Crippen molar-refractivity contribution in [1.82, 2.24) is 0 Å². The topological polar surface area (TPSA) is 142 Å². The Morgan fingerprint density at radius 1 is 1.30 bits per heavy atom. The van der Waals surface area contributed by atoms with Crippen molar-refractivity contribution in [2.75, 3.05) is 20.3 Å². The zero-order chi connectivity index (χ0) is 15.3. The molecule has 0 saturated heterocycles. The first-order chi connectivity index (χ1) is 9.42. The fourth-order valence-electron chi connectivity index (χ4n) is 1.40. The van der Waals surface area contributed by atoms with E-state index in [1.165, 1.54) is 0 Å². The van der Waals surface area contributed by atoms with Crippen molar-refractivity contribution in [2.45, 2.75) is 0 Å². The van der Waals surface area contributed by atoms with Crippen LogP contribution in [0, 0.1) is 20.2 Å². The lowest BCUT2D eigenvalue weighted by atomic mass is 10.1. The van der Waals surface area contributed by atoms with Gasteiger partial charge in [-0.2, -0.15) is 0 Å². The lowest BCUT2D eigenvalue weighted by molar-refractivity contribution is -0.394. The highest BCUT2D eigenvalue weighted by Gasteiger charge is 2.29. The van der Waals surface area contributed by atoms with E-state index in [1.807, 2.05) is 0 Å². The van der Waals surface area contributed by atoms with Crippen LogP contribution in [0.15, 0.2) is 12.1 Å². The minimum atomic E-state index is -1.02. The molecule has 10 nitrogen and oxygen atoms in total. The number of hydrogen-bond acceptors (Lipinski definition) is 8. The van der Waals surface area contributed by atoms with E-state index in [1.54, 1.807) is 0 Å². The zero-order valence-electron chi connectivity index (χ0n) is 10.3. The number of nitro benzene ring substituents is 2. The number of aliphatic hydroxyl groups excluding tert-OH is 1. The van der Waals surface area contributed by atoms with Gasteiger partial charge in [0.05, 0.1) is 29.6 Å². The number of non-ortho nitro benzene ring substituents is 1. The molecule has 0 aliphatic carbocycles. The molecule has 1 aromatic carbocycles. The van der Waals surface area contributed by atoms with Gasteiger partial charge < -0.3 is 14.6 Å². The van der Waals surface area contributed by atoms with Crippen LogP contribution in [-0.2, 0) is 4.74 Å². The van der Waals surface area contributed by atoms with Crippen molar-refractivity contribution in [3.8, 4) is 5.75 Å². The van der Waals surface area contributed by atoms with Crippen LogP contribution in [-0.4, -0.2) is 41.2 Å². The maximum absolute atomic E-state index is 11.5. The highest BCUT2D eigenvalue weighted by molar-refractivity contribution is 5.95. The van der Waals surface area contributed by atoms with Crippen LogP contribution in [0.1, 0.15) is 10.4 Å². The van der Waals surface area contributed by atoms with Gasteiger partial charge in [0.2, 0.25) is 5.75 Å². The molecular formula is C10H10N2O8. The van der Waals surface area contributed by atoms with Gasteiger partial charge in [0.15, 0.2) is 0 Å². The maximum Gasteiger partial charge on any atom is 0.342 e. The summed E-state index contributed by atoms with van der Waals surface area (Å²) in [5.41, 5.74) is -1.86. The number of nitrogens with zero attached hydrogens (tertiary/aromatic N) is 2. The van der Waals surface area contributed by atoms with Gasteiger partial charge in [-0.3, -0.25) is 20.2 Å². The number of esters is 1. The molecule has 0 bridgehead atoms. The third kappa shape index (κ3) is 3.17. The molecule has 0 fully saturated rings. The summed E-state index contributed by atoms with van der Waals surface area (Å²) in [5.74, 6) is -1.51. The van der Waals surface area contributed by atoms with Crippen LogP contribution in [0.25, 0.3) is 0 Å². The quantitative estimate of drug-likeness (QED) is 0.456. The summed E-state index contributed by atoms with van der Waals surface area (Å²) in [6, 6.07) is 1.48. The van der Waals surface area contributed by atoms with Crippen molar-refractivity contribution in [3.05, 3.63) is 37.9 Å². The van der Waals surface area contributed by atoms with Gasteiger partial charge in [-0.25, -0.2) is 4.79 Å². The number of aliphatic hydroxyl groups is 1. The number of nitro groups is 2. The van der Waals surface area contributed by atoms with Crippen LogP contribution in [0.4, 0.5) is 11.4 Å². The smallest absolute Gasteiger partial charge is 0.342 e. The number of ether oxygens (including phenoxy) is 2. The van der Waals surface area contributed by atoms with Gasteiger partial charge >= 0.3 is 11.7 Å². The molecule has 0 aliphatic rings. The highest BCUT2D eigenvalue weighted by atomic mass is 16.6. The Morgan fingerprint density at radius 3 is 2.40 bits per heavy atom. The van der Waals surface area contributed by atoms with Crippen LogP contribution in [0.3, 0.4) is 0 Å². The fourth-order valence-corrected chi connectivity index (χ4v) is 1.40. The first-order valence-corrected chi connectivity index (χ1v) is 5.21. The van der Waals surface area contributed by atoms with E-state index in [4.69, 9.17) is 9.84 Å². The summed E-state index contributed by atoms with van der Waals surface area (Å²) in [4.78, 5) is 31.4. The second-order valence-electron chi connectivity index (χ2n) is 3.42. The lowest BCUT2D eigenvalue weighted by Crippen LogP contribution is -2.11. The van der Waals surface area contributed by atoms with E-state index >= 15 is 0 Å². The Balaban J connectivity index is 3.52. The van der Waals surface area contributed by atoms with E-state index in [0.717, 1.165) is 13.2 Å². The van der Waals surface area contributed by atoms with Gasteiger partial charge in [0.25, 0.3) is 5.69 Å². The number of carbonyl (C=O) groups excluding carboxylic acids is 1. The van der Waals surface area contributed by atoms with Crippen LogP contribution in [0.2, 0.25) is 0 Å². The van der Waals surface area contributed by atoms with Crippen molar-refractivity contribution in [2.24, 2.45) is 0 Å². The standard InChI is InChI=1S/C10H10N2O8/c1-19-10(14)7-4-6(11(15)16)5-8(12(17)18)9(7)20-3-2-13/h4-5,13H,2-3H2,1H3. The fraction of sp³-hybridized carbons (Fsp3) is 0.300. The predicted molar refractivity (Wildman–Crippen MR) is 63.7 cm³/mol. The van der Waals surface area contributed by atoms with Gasteiger partial charge in [0, 0.05) is 6.07 Å². The zero-order valence-corrected chi connectivity index (χ0v) is 10.3. The molecule has 0 atom stereocenters. The summed E-state index contributed by atoms with van der Waals surface area (Å²) in [7, 11) is 1.02. The van der Waals surface area contributed by atoms with Crippen molar-refractivity contribution < 1.29 is 29.2 Å². The Kier molecular flexibility index (Phi) is 4.92. The number of benzene rings is 1. The maximum atomic E-state index is 11.5. The van der Waals surface area contributed by atoms with E-state index in [2.05, 4.69) is 4.74 Å². The van der Waals surface area contributed by atoms with Crippen molar-refractivity contribution in [1.29, 1.82) is 0 Å². The molecule has 108 valence electrons. The lowest BCUT2D eigenvalue weighted by Gasteiger charge is -2.09. The molecule has 0 amide bonds. The number of rotatable bonds is 6. The molecule has 0 spiro atoms. The van der Waals surface area contributed by atoms with Crippen LogP contribution < -0.4 is 4.74 Å². The summed E-state index contributed by atoms with van der Waals surface area (Å²) in [6.45, 7) is -0.766. The Hall–Kier alpha value is -2.75. The van der Waals surface area contributed by atoms with Gasteiger partial charge in [0.1, 0.15) is 12.2 Å². The van der Waals surface area contributed by atoms with E-state index in [-0.39, 0.29) is 6.61 Å². The molecule has 20 heavy (non-hydrogen) atoms. The summed E-state index contributed by atoms with van der Waals surface area (Å²) >= 11 is 0. The van der Waals surface area contributed by atoms with E-state index in [0.29, 0.717) is 6.07 Å². The molecule has 0 unspecified atom stereocenters. The molecule has 1 aromatic rings. The molecule has 1 N–H and O–H groups in total. The van der Waals surface area contributed by atoms with Crippen LogP contribution >= 0.6 is 0 Å². The summed E-state index contributed by atoms with van der Waals surface area (Å²) < 4.78 is 9.32. The van der Waals surface area contributed by atoms with Crippen molar-refractivity contribution >= 4 is 17.3 Å². The van der Waals surface area contributed by atoms with Gasteiger partial charge in [-0.1, -0.05) is 0 Å². The molecule has 0 saturated carbocycles. The summed E-state index contributed by atoms with van der Waals surface area (Å²) in [5, 5.41) is 30.3. The third-order valence-electron chi connectivity index (χ3n) is 2.20. The van der Waals surface area contributed by atoms with Crippen LogP contribution in [0.5, 0.6) is 5.75 Å². The van der Waals surface area contributed by atoms with E-state index < -0.39 is 45.1 Å². The number of methoxy groups -OCH3 is 1. The molecule has 0 radical (unpaired) electrons. The monoisotopic (exact) mass is 286 g/mol. The third-order valence-corrected chi connectivity index (χ3v) is 2.20. The highest BCUT2D eigenvalue weighted by Crippen LogP contribution is 2.35. The molecule has 0 heterocycles. The summed E-state index contributed by atoms with van der Waals surface area (Å²) in [6.07, 6.45) is 0. The second-order valence-corrected chi connectivity index (χ2v) is 3.42. The average Bonchev–Trinajstić information content (AvgIpc) is 2.42. The Labute approximate surface area is 111 Å². The molecule has 0 aliphatic heterocycles. The first kappa shape index (κ1) is 15.3. The second kappa shape index (κ2) is 6.43. The number of carbonyl (C=O) groups is 1. The Bertz CT molecular complexity index is 556. The minimum absolute atomic E-state index is 0.317. The number of hydrogen-bond donors (Lipinski definition) is 1.